The summed E-state index contributed by atoms with van der Waals surface area (Å²) in [7, 11) is 3.14. The Kier molecular flexibility index (Phi) is 9.92. The van der Waals surface area contributed by atoms with Gasteiger partial charge in [-0.25, -0.2) is 9.40 Å². The van der Waals surface area contributed by atoms with E-state index in [4.69, 9.17) is 19.3 Å². The number of hydrazone groups is 1. The van der Waals surface area contributed by atoms with Gasteiger partial charge in [-0.15, -0.1) is 0 Å². The van der Waals surface area contributed by atoms with E-state index in [0.717, 1.165) is 35.5 Å². The zero-order valence-electron chi connectivity index (χ0n) is 25.7. The summed E-state index contributed by atoms with van der Waals surface area (Å²) in [5.41, 5.74) is 5.04. The van der Waals surface area contributed by atoms with Gasteiger partial charge in [0.25, 0.3) is 11.8 Å². The van der Waals surface area contributed by atoms with E-state index in [9.17, 15) is 14.0 Å². The number of halogens is 1. The molecule has 2 aliphatic heterocycles. The number of nitrogens with zero attached hydrogens (tertiary/aromatic N) is 4. The van der Waals surface area contributed by atoms with Crippen molar-refractivity contribution in [2.45, 2.75) is 26.3 Å². The lowest BCUT2D eigenvalue weighted by atomic mass is 9.96. The van der Waals surface area contributed by atoms with Crippen LogP contribution in [0.4, 0.5) is 4.39 Å². The van der Waals surface area contributed by atoms with Gasteiger partial charge in [0.15, 0.2) is 11.5 Å². The monoisotopic (exact) mass is 602 g/mol. The first kappa shape index (κ1) is 31.2. The number of rotatable bonds is 10. The van der Waals surface area contributed by atoms with Crippen LogP contribution in [0.3, 0.4) is 0 Å². The molecule has 5 rings (SSSR count). The smallest absolute Gasteiger partial charge is 0.262 e. The number of aryl methyl sites for hydroxylation is 2. The summed E-state index contributed by atoms with van der Waals surface area (Å²) in [6.07, 6.45) is 0.481. The fraction of sp³-hybridized carbons (Fsp3) is 0.382. The average molecular weight is 603 g/mol. The van der Waals surface area contributed by atoms with E-state index >= 15 is 0 Å². The van der Waals surface area contributed by atoms with Gasteiger partial charge in [-0.1, -0.05) is 24.3 Å². The molecule has 9 nitrogen and oxygen atoms in total. The van der Waals surface area contributed by atoms with Gasteiger partial charge in [0, 0.05) is 38.2 Å². The summed E-state index contributed by atoms with van der Waals surface area (Å²) >= 11 is 0. The van der Waals surface area contributed by atoms with Crippen LogP contribution in [-0.4, -0.2) is 92.5 Å². The Morgan fingerprint density at radius 1 is 0.977 bits per heavy atom. The standard InChI is InChI=1S/C34H39FN4O5/c1-23-8-9-25(18-24(23)2)29-21-30(26-10-11-31(42-3)32(20-26)43-4)39(36-29)33(40)22-38(13-12-37-14-16-44-17-15-37)34(41)27-6-5-7-28(35)19-27/h5-11,18-20,30H,12-17,21-22H2,1-4H3/t30-/m1/s1. The zero-order valence-corrected chi connectivity index (χ0v) is 25.7. The highest BCUT2D eigenvalue weighted by Gasteiger charge is 2.35. The third-order valence-electron chi connectivity index (χ3n) is 8.27. The molecule has 10 heteroatoms. The van der Waals surface area contributed by atoms with Crippen molar-refractivity contribution in [3.05, 3.63) is 94.3 Å². The highest BCUT2D eigenvalue weighted by molar-refractivity contribution is 6.04. The molecule has 3 aromatic rings. The van der Waals surface area contributed by atoms with E-state index in [2.05, 4.69) is 17.9 Å². The molecule has 1 atom stereocenters. The van der Waals surface area contributed by atoms with Crippen molar-refractivity contribution in [2.75, 3.05) is 60.2 Å². The van der Waals surface area contributed by atoms with Crippen LogP contribution in [0, 0.1) is 19.7 Å². The molecule has 2 heterocycles. The molecule has 0 aliphatic carbocycles. The fourth-order valence-electron chi connectivity index (χ4n) is 5.53. The maximum atomic E-state index is 14.1. The normalized spacial score (nSPS) is 16.9. The first-order valence-electron chi connectivity index (χ1n) is 14.8. The minimum Gasteiger partial charge on any atom is -0.493 e. The highest BCUT2D eigenvalue weighted by atomic mass is 19.1. The van der Waals surface area contributed by atoms with Gasteiger partial charge in [-0.3, -0.25) is 14.5 Å². The molecular weight excluding hydrogens is 563 g/mol. The predicted octanol–water partition coefficient (Wildman–Crippen LogP) is 4.61. The summed E-state index contributed by atoms with van der Waals surface area (Å²) in [5, 5.41) is 6.32. The number of hydrogen-bond donors (Lipinski definition) is 0. The summed E-state index contributed by atoms with van der Waals surface area (Å²) in [5.74, 6) is -0.129. The Morgan fingerprint density at radius 2 is 1.75 bits per heavy atom. The van der Waals surface area contributed by atoms with Crippen molar-refractivity contribution < 1.29 is 28.2 Å². The van der Waals surface area contributed by atoms with E-state index in [0.29, 0.717) is 44.2 Å². The SMILES string of the molecule is COc1ccc([C@H]2CC(c3ccc(C)c(C)c3)=NN2C(=O)CN(CCN2CCOCC2)C(=O)c2cccc(F)c2)cc1OC. The molecule has 0 radical (unpaired) electrons. The molecule has 0 unspecified atom stereocenters. The number of methoxy groups -OCH3 is 2. The van der Waals surface area contributed by atoms with Crippen LogP contribution in [0.2, 0.25) is 0 Å². The maximum absolute atomic E-state index is 14.1. The summed E-state index contributed by atoms with van der Waals surface area (Å²) in [6, 6.07) is 16.8. The summed E-state index contributed by atoms with van der Waals surface area (Å²) < 4.78 is 30.5. The first-order chi connectivity index (χ1) is 21.3. The first-order valence-corrected chi connectivity index (χ1v) is 14.8. The van der Waals surface area contributed by atoms with E-state index in [1.165, 1.54) is 33.7 Å². The molecule has 0 saturated carbocycles. The number of hydrogen-bond acceptors (Lipinski definition) is 7. The maximum Gasteiger partial charge on any atom is 0.262 e. The summed E-state index contributed by atoms with van der Waals surface area (Å²) in [4.78, 5) is 31.5. The predicted molar refractivity (Wildman–Crippen MR) is 166 cm³/mol. The van der Waals surface area contributed by atoms with Gasteiger partial charge in [-0.05, 0) is 72.5 Å². The Balaban J connectivity index is 1.46. The van der Waals surface area contributed by atoms with E-state index in [-0.39, 0.29) is 18.0 Å². The Labute approximate surface area is 257 Å². The highest BCUT2D eigenvalue weighted by Crippen LogP contribution is 2.37. The molecule has 0 bridgehead atoms. The third kappa shape index (κ3) is 7.09. The second-order valence-electron chi connectivity index (χ2n) is 11.1. The van der Waals surface area contributed by atoms with Crippen LogP contribution in [-0.2, 0) is 9.53 Å². The molecule has 44 heavy (non-hydrogen) atoms. The molecule has 1 saturated heterocycles. The minimum absolute atomic E-state index is 0.192. The number of ether oxygens (including phenoxy) is 3. The lowest BCUT2D eigenvalue weighted by Gasteiger charge is -2.31. The lowest BCUT2D eigenvalue weighted by Crippen LogP contribution is -2.46. The average Bonchev–Trinajstić information content (AvgIpc) is 3.50. The fourth-order valence-corrected chi connectivity index (χ4v) is 5.53. The number of carbonyl (C=O) groups excluding carboxylic acids is 2. The van der Waals surface area contributed by atoms with Gasteiger partial charge in [0.1, 0.15) is 12.4 Å². The molecule has 1 fully saturated rings. The van der Waals surface area contributed by atoms with Crippen molar-refractivity contribution in [1.82, 2.24) is 14.8 Å². The van der Waals surface area contributed by atoms with Crippen molar-refractivity contribution >= 4 is 17.5 Å². The number of morpholine rings is 1. The molecule has 0 spiro atoms. The van der Waals surface area contributed by atoms with Crippen LogP contribution >= 0.6 is 0 Å². The molecule has 3 aromatic carbocycles. The second kappa shape index (κ2) is 14.0. The van der Waals surface area contributed by atoms with Gasteiger partial charge < -0.3 is 19.1 Å². The van der Waals surface area contributed by atoms with Crippen molar-refractivity contribution in [3.63, 3.8) is 0 Å². The molecule has 0 aromatic heterocycles. The lowest BCUT2D eigenvalue weighted by molar-refractivity contribution is -0.133. The Bertz CT molecular complexity index is 1540. The quantitative estimate of drug-likeness (QED) is 0.337. The number of amides is 2. The minimum atomic E-state index is -0.508. The van der Waals surface area contributed by atoms with Gasteiger partial charge >= 0.3 is 0 Å². The van der Waals surface area contributed by atoms with Crippen LogP contribution in [0.5, 0.6) is 11.5 Å². The number of benzene rings is 3. The van der Waals surface area contributed by atoms with Crippen molar-refractivity contribution in [2.24, 2.45) is 5.10 Å². The van der Waals surface area contributed by atoms with Gasteiger partial charge in [0.05, 0.1) is 39.2 Å². The summed E-state index contributed by atoms with van der Waals surface area (Å²) in [6.45, 7) is 7.47. The van der Waals surface area contributed by atoms with E-state index in [1.54, 1.807) is 20.3 Å². The largest absolute Gasteiger partial charge is 0.493 e. The number of carbonyl (C=O) groups is 2. The molecular formula is C34H39FN4O5. The molecule has 232 valence electrons. The second-order valence-corrected chi connectivity index (χ2v) is 11.1. The van der Waals surface area contributed by atoms with Gasteiger partial charge in [-0.2, -0.15) is 5.10 Å². The van der Waals surface area contributed by atoms with E-state index in [1.807, 2.05) is 37.3 Å². The third-order valence-corrected chi connectivity index (χ3v) is 8.27. The van der Waals surface area contributed by atoms with Crippen molar-refractivity contribution in [1.29, 1.82) is 0 Å². The van der Waals surface area contributed by atoms with Crippen LogP contribution in [0.15, 0.2) is 65.8 Å². The van der Waals surface area contributed by atoms with Crippen LogP contribution in [0.1, 0.15) is 45.1 Å². The van der Waals surface area contributed by atoms with Gasteiger partial charge in [0.2, 0.25) is 0 Å². The Morgan fingerprint density at radius 3 is 2.45 bits per heavy atom. The topological polar surface area (TPSA) is 83.9 Å². The molecule has 2 aliphatic rings. The van der Waals surface area contributed by atoms with Crippen LogP contribution in [0.25, 0.3) is 0 Å². The Hall–Kier alpha value is -4.28. The van der Waals surface area contributed by atoms with E-state index < -0.39 is 17.8 Å². The molecule has 0 N–H and O–H groups in total. The van der Waals surface area contributed by atoms with Crippen LogP contribution < -0.4 is 9.47 Å². The molecule has 2 amide bonds. The van der Waals surface area contributed by atoms with Crippen molar-refractivity contribution in [3.8, 4) is 11.5 Å². The zero-order chi connectivity index (χ0) is 31.2.